The summed E-state index contributed by atoms with van der Waals surface area (Å²) in [6.07, 6.45) is -4.56. The standard InChI is InChI=1S/C11H13F3N4OS2/c1-6(19-3)8-15-7(5-20-8)4-18(2)10-17-16-9(21-10)11(12,13)14/h5-6H,4H2,1-3H3. The third-order valence-electron chi connectivity index (χ3n) is 2.65. The van der Waals surface area contributed by atoms with Gasteiger partial charge in [0.15, 0.2) is 0 Å². The van der Waals surface area contributed by atoms with E-state index in [0.29, 0.717) is 17.9 Å². The van der Waals surface area contributed by atoms with E-state index in [1.807, 2.05) is 12.3 Å². The van der Waals surface area contributed by atoms with Crippen molar-refractivity contribution in [1.29, 1.82) is 0 Å². The Morgan fingerprint density at radius 1 is 1.38 bits per heavy atom. The number of nitrogens with zero attached hydrogens (tertiary/aromatic N) is 4. The number of methoxy groups -OCH3 is 1. The first-order chi connectivity index (χ1) is 9.81. The van der Waals surface area contributed by atoms with E-state index in [9.17, 15) is 13.2 Å². The number of rotatable bonds is 5. The minimum Gasteiger partial charge on any atom is -0.375 e. The molecule has 1 atom stereocenters. The number of alkyl halides is 3. The van der Waals surface area contributed by atoms with Crippen molar-refractivity contribution in [1.82, 2.24) is 15.2 Å². The first-order valence-electron chi connectivity index (χ1n) is 5.90. The predicted molar refractivity (Wildman–Crippen MR) is 74.6 cm³/mol. The normalized spacial score (nSPS) is 13.4. The summed E-state index contributed by atoms with van der Waals surface area (Å²) < 4.78 is 42.6. The van der Waals surface area contributed by atoms with Crippen molar-refractivity contribution in [3.63, 3.8) is 0 Å². The Morgan fingerprint density at radius 2 is 2.10 bits per heavy atom. The van der Waals surface area contributed by atoms with Crippen molar-refractivity contribution in [2.75, 3.05) is 19.1 Å². The molecule has 0 saturated heterocycles. The summed E-state index contributed by atoms with van der Waals surface area (Å²) in [7, 11) is 3.25. The number of thiazole rings is 1. The van der Waals surface area contributed by atoms with E-state index in [0.717, 1.165) is 10.7 Å². The second kappa shape index (κ2) is 6.24. The van der Waals surface area contributed by atoms with Gasteiger partial charge in [-0.05, 0) is 6.92 Å². The number of halogens is 3. The lowest BCUT2D eigenvalue weighted by Gasteiger charge is -2.13. The van der Waals surface area contributed by atoms with E-state index in [1.54, 1.807) is 19.1 Å². The van der Waals surface area contributed by atoms with Crippen LogP contribution >= 0.6 is 22.7 Å². The number of aromatic nitrogens is 3. The zero-order chi connectivity index (χ0) is 15.6. The third-order valence-corrected chi connectivity index (χ3v) is 4.79. The first kappa shape index (κ1) is 16.1. The molecule has 0 saturated carbocycles. The van der Waals surface area contributed by atoms with Crippen LogP contribution in [0, 0.1) is 0 Å². The lowest BCUT2D eigenvalue weighted by Crippen LogP contribution is -2.16. The van der Waals surface area contributed by atoms with Gasteiger partial charge in [-0.25, -0.2) is 4.98 Å². The molecule has 0 spiro atoms. The molecule has 10 heteroatoms. The van der Waals surface area contributed by atoms with E-state index < -0.39 is 11.2 Å². The van der Waals surface area contributed by atoms with Crippen molar-refractivity contribution in [3.05, 3.63) is 21.1 Å². The van der Waals surface area contributed by atoms with Gasteiger partial charge in [0.25, 0.3) is 0 Å². The highest BCUT2D eigenvalue weighted by Gasteiger charge is 2.36. The topological polar surface area (TPSA) is 51.1 Å². The highest BCUT2D eigenvalue weighted by Crippen LogP contribution is 2.34. The van der Waals surface area contributed by atoms with Crippen LogP contribution in [0.3, 0.4) is 0 Å². The Labute approximate surface area is 127 Å². The van der Waals surface area contributed by atoms with Gasteiger partial charge < -0.3 is 9.64 Å². The molecule has 0 aromatic carbocycles. The maximum Gasteiger partial charge on any atom is 0.445 e. The zero-order valence-electron chi connectivity index (χ0n) is 11.5. The fourth-order valence-corrected chi connectivity index (χ4v) is 2.99. The summed E-state index contributed by atoms with van der Waals surface area (Å²) in [6.45, 7) is 2.24. The van der Waals surface area contributed by atoms with Crippen LogP contribution in [0.2, 0.25) is 0 Å². The average Bonchev–Trinajstić information content (AvgIpc) is 3.05. The molecule has 2 aromatic rings. The predicted octanol–water partition coefficient (Wildman–Crippen LogP) is 3.36. The second-order valence-corrected chi connectivity index (χ2v) is 6.14. The lowest BCUT2D eigenvalue weighted by atomic mass is 10.4. The van der Waals surface area contributed by atoms with Crippen molar-refractivity contribution in [2.45, 2.75) is 25.7 Å². The van der Waals surface area contributed by atoms with E-state index in [1.165, 1.54) is 11.3 Å². The van der Waals surface area contributed by atoms with Gasteiger partial charge in [0.05, 0.1) is 12.2 Å². The Hall–Kier alpha value is -1.26. The Kier molecular flexibility index (Phi) is 4.79. The quantitative estimate of drug-likeness (QED) is 0.837. The first-order valence-corrected chi connectivity index (χ1v) is 7.59. The minimum atomic E-state index is -4.46. The highest BCUT2D eigenvalue weighted by atomic mass is 32.1. The molecule has 0 aliphatic rings. The van der Waals surface area contributed by atoms with E-state index in [2.05, 4.69) is 15.2 Å². The van der Waals surface area contributed by atoms with Gasteiger partial charge in [-0.2, -0.15) is 13.2 Å². The maximum atomic E-state index is 12.5. The fourth-order valence-electron chi connectivity index (χ4n) is 1.48. The number of hydrogen-bond acceptors (Lipinski definition) is 7. The van der Waals surface area contributed by atoms with Crippen molar-refractivity contribution in [3.8, 4) is 0 Å². The van der Waals surface area contributed by atoms with E-state index in [4.69, 9.17) is 4.74 Å². The molecule has 0 fully saturated rings. The fraction of sp³-hybridized carbons (Fsp3) is 0.545. The van der Waals surface area contributed by atoms with Crippen LogP contribution < -0.4 is 4.90 Å². The number of anilines is 1. The molecule has 0 N–H and O–H groups in total. The summed E-state index contributed by atoms with van der Waals surface area (Å²) in [5.41, 5.74) is 0.755. The Balaban J connectivity index is 2.06. The lowest BCUT2D eigenvalue weighted by molar-refractivity contribution is -0.138. The molecule has 0 radical (unpaired) electrons. The molecule has 21 heavy (non-hydrogen) atoms. The molecule has 0 aliphatic heterocycles. The zero-order valence-corrected chi connectivity index (χ0v) is 13.1. The van der Waals surface area contributed by atoms with Crippen LogP contribution in [0.15, 0.2) is 5.38 Å². The summed E-state index contributed by atoms with van der Waals surface area (Å²) in [6, 6.07) is 0. The van der Waals surface area contributed by atoms with Crippen molar-refractivity contribution in [2.24, 2.45) is 0 Å². The summed E-state index contributed by atoms with van der Waals surface area (Å²) in [5, 5.41) is 8.66. The highest BCUT2D eigenvalue weighted by molar-refractivity contribution is 7.15. The summed E-state index contributed by atoms with van der Waals surface area (Å²) in [5.74, 6) is 0. The van der Waals surface area contributed by atoms with Crippen LogP contribution in [0.5, 0.6) is 0 Å². The van der Waals surface area contributed by atoms with Gasteiger partial charge in [0.1, 0.15) is 11.1 Å². The molecule has 0 amide bonds. The van der Waals surface area contributed by atoms with Gasteiger partial charge >= 0.3 is 6.18 Å². The Bertz CT molecular complexity index is 598. The van der Waals surface area contributed by atoms with E-state index >= 15 is 0 Å². The molecule has 5 nitrogen and oxygen atoms in total. The van der Waals surface area contributed by atoms with Crippen LogP contribution in [-0.4, -0.2) is 29.3 Å². The Morgan fingerprint density at radius 3 is 2.67 bits per heavy atom. The largest absolute Gasteiger partial charge is 0.445 e. The van der Waals surface area contributed by atoms with Gasteiger partial charge in [-0.15, -0.1) is 21.5 Å². The molecule has 2 heterocycles. The molecule has 0 bridgehead atoms. The average molecular weight is 338 g/mol. The summed E-state index contributed by atoms with van der Waals surface area (Å²) in [4.78, 5) is 5.97. The van der Waals surface area contributed by atoms with E-state index in [-0.39, 0.29) is 11.2 Å². The van der Waals surface area contributed by atoms with Gasteiger partial charge in [0.2, 0.25) is 10.1 Å². The van der Waals surface area contributed by atoms with Gasteiger partial charge in [-0.3, -0.25) is 0 Å². The number of hydrogen-bond donors (Lipinski definition) is 0. The SMILES string of the molecule is COC(C)c1nc(CN(C)c2nnc(C(F)(F)F)s2)cs1. The molecule has 1 unspecified atom stereocenters. The van der Waals surface area contributed by atoms with Crippen LogP contribution in [0.4, 0.5) is 18.3 Å². The molecule has 2 aromatic heterocycles. The molecule has 0 aliphatic carbocycles. The van der Waals surface area contributed by atoms with Crippen molar-refractivity contribution >= 4 is 27.8 Å². The third kappa shape index (κ3) is 3.89. The maximum absolute atomic E-state index is 12.5. The van der Waals surface area contributed by atoms with Crippen LogP contribution in [-0.2, 0) is 17.5 Å². The molecule has 116 valence electrons. The van der Waals surface area contributed by atoms with Crippen molar-refractivity contribution < 1.29 is 17.9 Å². The number of ether oxygens (including phenoxy) is 1. The monoisotopic (exact) mass is 338 g/mol. The summed E-state index contributed by atoms with van der Waals surface area (Å²) >= 11 is 1.97. The molecule has 2 rings (SSSR count). The molecular weight excluding hydrogens is 325 g/mol. The molecular formula is C11H13F3N4OS2. The van der Waals surface area contributed by atoms with Crippen LogP contribution in [0.1, 0.15) is 28.7 Å². The van der Waals surface area contributed by atoms with Gasteiger partial charge in [0, 0.05) is 19.5 Å². The smallest absolute Gasteiger partial charge is 0.375 e. The second-order valence-electron chi connectivity index (χ2n) is 4.30. The van der Waals surface area contributed by atoms with Crippen LogP contribution in [0.25, 0.3) is 0 Å². The minimum absolute atomic E-state index is 0.104. The van der Waals surface area contributed by atoms with Gasteiger partial charge in [-0.1, -0.05) is 11.3 Å².